The number of hydrogen-bond acceptors (Lipinski definition) is 3. The molecule has 3 rings (SSSR count). The molecule has 20 heavy (non-hydrogen) atoms. The van der Waals surface area contributed by atoms with Gasteiger partial charge in [-0.25, -0.2) is 9.67 Å². The molecule has 0 aliphatic carbocycles. The molecule has 5 heteroatoms. The molecular formula is C15H19BrN4. The van der Waals surface area contributed by atoms with E-state index in [9.17, 15) is 0 Å². The lowest BCUT2D eigenvalue weighted by atomic mass is 10.0. The van der Waals surface area contributed by atoms with E-state index in [0.717, 1.165) is 36.1 Å². The number of halogens is 1. The molecule has 1 aliphatic rings. The van der Waals surface area contributed by atoms with Crippen LogP contribution in [0.15, 0.2) is 35.1 Å². The molecule has 1 aromatic carbocycles. The van der Waals surface area contributed by atoms with E-state index in [0.29, 0.717) is 12.1 Å². The van der Waals surface area contributed by atoms with Crippen molar-refractivity contribution in [3.05, 3.63) is 46.5 Å². The third kappa shape index (κ3) is 3.27. The van der Waals surface area contributed by atoms with Gasteiger partial charge < -0.3 is 5.32 Å². The summed E-state index contributed by atoms with van der Waals surface area (Å²) in [5, 5.41) is 7.98. The molecule has 0 saturated heterocycles. The van der Waals surface area contributed by atoms with Crippen molar-refractivity contribution in [3.63, 3.8) is 0 Å². The quantitative estimate of drug-likeness (QED) is 0.934. The van der Waals surface area contributed by atoms with Crippen molar-refractivity contribution in [1.82, 2.24) is 20.1 Å². The summed E-state index contributed by atoms with van der Waals surface area (Å²) in [6.07, 6.45) is 4.86. The van der Waals surface area contributed by atoms with E-state index in [1.807, 2.05) is 4.68 Å². The minimum absolute atomic E-state index is 0.464. The summed E-state index contributed by atoms with van der Waals surface area (Å²) in [7, 11) is 0. The smallest absolute Gasteiger partial charge is 0.138 e. The van der Waals surface area contributed by atoms with Crippen LogP contribution in [0.5, 0.6) is 0 Å². The molecule has 0 bridgehead atoms. The molecule has 106 valence electrons. The maximum Gasteiger partial charge on any atom is 0.138 e. The third-order valence-corrected chi connectivity index (χ3v) is 4.31. The molecule has 0 unspecified atom stereocenters. The van der Waals surface area contributed by atoms with Crippen molar-refractivity contribution in [2.24, 2.45) is 0 Å². The van der Waals surface area contributed by atoms with Gasteiger partial charge in [0.15, 0.2) is 0 Å². The van der Waals surface area contributed by atoms with Gasteiger partial charge in [0, 0.05) is 23.0 Å². The summed E-state index contributed by atoms with van der Waals surface area (Å²) in [5.41, 5.74) is 1.37. The van der Waals surface area contributed by atoms with Crippen LogP contribution in [-0.4, -0.2) is 26.8 Å². The van der Waals surface area contributed by atoms with Crippen LogP contribution < -0.4 is 5.32 Å². The fourth-order valence-corrected chi connectivity index (χ4v) is 3.07. The predicted molar refractivity (Wildman–Crippen MR) is 82.6 cm³/mol. The number of nitrogens with zero attached hydrogens (tertiary/aromatic N) is 3. The van der Waals surface area contributed by atoms with Crippen molar-refractivity contribution in [3.8, 4) is 0 Å². The number of rotatable bonds is 4. The molecule has 0 fully saturated rings. The van der Waals surface area contributed by atoms with E-state index in [1.54, 1.807) is 6.33 Å². The Morgan fingerprint density at radius 3 is 3.00 bits per heavy atom. The van der Waals surface area contributed by atoms with E-state index < -0.39 is 0 Å². The number of nitrogens with one attached hydrogen (secondary N) is 1. The van der Waals surface area contributed by atoms with E-state index >= 15 is 0 Å². The van der Waals surface area contributed by atoms with Crippen LogP contribution in [-0.2, 0) is 19.4 Å². The lowest BCUT2D eigenvalue weighted by molar-refractivity contribution is 0.331. The highest BCUT2D eigenvalue weighted by Crippen LogP contribution is 2.14. The number of aromatic nitrogens is 3. The Morgan fingerprint density at radius 1 is 1.40 bits per heavy atom. The first-order valence-electron chi connectivity index (χ1n) is 7.08. The van der Waals surface area contributed by atoms with Crippen LogP contribution >= 0.6 is 15.9 Å². The molecular weight excluding hydrogens is 316 g/mol. The lowest BCUT2D eigenvalue weighted by Crippen LogP contribution is -2.43. The van der Waals surface area contributed by atoms with Crippen molar-refractivity contribution in [2.45, 2.75) is 44.8 Å². The van der Waals surface area contributed by atoms with Crippen LogP contribution in [0.2, 0.25) is 0 Å². The molecule has 0 spiro atoms. The number of fused-ring (bicyclic) bond motifs is 1. The Balaban J connectivity index is 1.54. The largest absolute Gasteiger partial charge is 0.309 e. The average molecular weight is 335 g/mol. The maximum absolute atomic E-state index is 4.27. The van der Waals surface area contributed by atoms with E-state index in [4.69, 9.17) is 0 Å². The molecule has 2 atom stereocenters. The van der Waals surface area contributed by atoms with E-state index in [2.05, 4.69) is 62.5 Å². The summed E-state index contributed by atoms with van der Waals surface area (Å²) in [4.78, 5) is 4.27. The molecule has 0 radical (unpaired) electrons. The van der Waals surface area contributed by atoms with Gasteiger partial charge in [0.25, 0.3) is 0 Å². The minimum Gasteiger partial charge on any atom is -0.309 e. The highest BCUT2D eigenvalue weighted by Gasteiger charge is 2.20. The molecule has 1 aromatic heterocycles. The molecule has 1 aliphatic heterocycles. The molecule has 4 nitrogen and oxygen atoms in total. The van der Waals surface area contributed by atoms with Gasteiger partial charge in [-0.05, 0) is 37.5 Å². The van der Waals surface area contributed by atoms with Crippen molar-refractivity contribution < 1.29 is 0 Å². The Morgan fingerprint density at radius 2 is 2.20 bits per heavy atom. The molecule has 2 heterocycles. The van der Waals surface area contributed by atoms with Gasteiger partial charge in [0.1, 0.15) is 12.2 Å². The highest BCUT2D eigenvalue weighted by molar-refractivity contribution is 9.10. The first kappa shape index (κ1) is 13.8. The van der Waals surface area contributed by atoms with Crippen molar-refractivity contribution in [2.75, 3.05) is 0 Å². The van der Waals surface area contributed by atoms with Crippen LogP contribution in [0.1, 0.15) is 24.7 Å². The number of benzene rings is 1. The van der Waals surface area contributed by atoms with E-state index in [1.165, 1.54) is 5.56 Å². The van der Waals surface area contributed by atoms with E-state index in [-0.39, 0.29) is 0 Å². The Labute approximate surface area is 127 Å². The number of hydrogen-bond donors (Lipinski definition) is 1. The lowest BCUT2D eigenvalue weighted by Gasteiger charge is -2.27. The van der Waals surface area contributed by atoms with Crippen LogP contribution in [0.3, 0.4) is 0 Å². The first-order chi connectivity index (χ1) is 9.70. The standard InChI is InChI=1S/C15H19BrN4/c1-11(8-12-2-4-13(16)5-3-12)19-14-6-7-15-17-10-18-20(15)9-14/h2-5,10-11,14,19H,6-9H2,1H3/t11-,14+/m1/s1. The fraction of sp³-hybridized carbons (Fsp3) is 0.467. The molecule has 0 saturated carbocycles. The zero-order valence-corrected chi connectivity index (χ0v) is 13.2. The molecule has 1 N–H and O–H groups in total. The summed E-state index contributed by atoms with van der Waals surface area (Å²) < 4.78 is 3.15. The predicted octanol–water partition coefficient (Wildman–Crippen LogP) is 2.58. The summed E-state index contributed by atoms with van der Waals surface area (Å²) >= 11 is 3.47. The maximum atomic E-state index is 4.27. The normalized spacial score (nSPS) is 19.6. The van der Waals surface area contributed by atoms with Gasteiger partial charge in [-0.15, -0.1) is 0 Å². The van der Waals surface area contributed by atoms with Gasteiger partial charge in [-0.1, -0.05) is 28.1 Å². The van der Waals surface area contributed by atoms with Crippen LogP contribution in [0.25, 0.3) is 0 Å². The van der Waals surface area contributed by atoms with Gasteiger partial charge in [0.05, 0.1) is 6.54 Å². The molecule has 0 amide bonds. The Kier molecular flexibility index (Phi) is 4.17. The molecule has 2 aromatic rings. The highest BCUT2D eigenvalue weighted by atomic mass is 79.9. The van der Waals surface area contributed by atoms with Crippen molar-refractivity contribution in [1.29, 1.82) is 0 Å². The van der Waals surface area contributed by atoms with Gasteiger partial charge in [-0.3, -0.25) is 0 Å². The second kappa shape index (κ2) is 6.06. The van der Waals surface area contributed by atoms with Crippen LogP contribution in [0, 0.1) is 0 Å². The SMILES string of the molecule is C[C@H](Cc1ccc(Br)cc1)N[C@H]1CCc2ncnn2C1. The number of aryl methyl sites for hydroxylation is 1. The first-order valence-corrected chi connectivity index (χ1v) is 7.87. The second-order valence-corrected chi connectivity index (χ2v) is 6.41. The summed E-state index contributed by atoms with van der Waals surface area (Å²) in [6, 6.07) is 9.52. The topological polar surface area (TPSA) is 42.7 Å². The zero-order valence-electron chi connectivity index (χ0n) is 11.6. The minimum atomic E-state index is 0.464. The Hall–Kier alpha value is -1.20. The van der Waals surface area contributed by atoms with Crippen molar-refractivity contribution >= 4 is 15.9 Å². The average Bonchev–Trinajstić information content (AvgIpc) is 2.89. The monoisotopic (exact) mass is 334 g/mol. The summed E-state index contributed by atoms with van der Waals surface area (Å²) in [6.45, 7) is 3.18. The third-order valence-electron chi connectivity index (χ3n) is 3.78. The van der Waals surface area contributed by atoms with Gasteiger partial charge in [0.2, 0.25) is 0 Å². The van der Waals surface area contributed by atoms with Crippen LogP contribution in [0.4, 0.5) is 0 Å². The van der Waals surface area contributed by atoms with Gasteiger partial charge >= 0.3 is 0 Å². The zero-order chi connectivity index (χ0) is 13.9. The Bertz CT molecular complexity index is 564. The fourth-order valence-electron chi connectivity index (χ4n) is 2.81. The summed E-state index contributed by atoms with van der Waals surface area (Å²) in [5.74, 6) is 1.11. The second-order valence-electron chi connectivity index (χ2n) is 5.49. The van der Waals surface area contributed by atoms with Gasteiger partial charge in [-0.2, -0.15) is 5.10 Å².